The minimum Gasteiger partial charge on any atom is -0.488 e. The van der Waals surface area contributed by atoms with Crippen LogP contribution >= 0.6 is 0 Å². The van der Waals surface area contributed by atoms with E-state index in [0.29, 0.717) is 18.5 Å². The Balaban J connectivity index is 1.62. The van der Waals surface area contributed by atoms with E-state index in [9.17, 15) is 14.0 Å². The summed E-state index contributed by atoms with van der Waals surface area (Å²) in [5.41, 5.74) is 1.25. The number of halogens is 1. The molecular weight excluding hydrogens is 383 g/mol. The Hall–Kier alpha value is -2.89. The van der Waals surface area contributed by atoms with Gasteiger partial charge >= 0.3 is 0 Å². The fourth-order valence-electron chi connectivity index (χ4n) is 3.34. The first-order valence-corrected chi connectivity index (χ1v) is 10.3. The zero-order valence-electron chi connectivity index (χ0n) is 17.8. The van der Waals surface area contributed by atoms with Crippen LogP contribution in [0.3, 0.4) is 0 Å². The van der Waals surface area contributed by atoms with Crippen LogP contribution in [0.5, 0.6) is 5.75 Å². The van der Waals surface area contributed by atoms with Crippen molar-refractivity contribution in [2.75, 3.05) is 13.2 Å². The zero-order chi connectivity index (χ0) is 21.7. The standard InChI is InChI=1S/C24H29FN2O3/c1-24(2,3)21(16-30-20-8-5-4-7-19(20)25)26-23(29)18-12-10-17(11-13-18)15-27-14-6-9-22(27)28/h4-5,7-8,10-13,21H,6,9,14-16H2,1-3H3,(H,26,29). The van der Waals surface area contributed by atoms with Crippen LogP contribution in [0.1, 0.15) is 49.5 Å². The number of hydrogen-bond acceptors (Lipinski definition) is 3. The van der Waals surface area contributed by atoms with Gasteiger partial charge in [0.05, 0.1) is 6.04 Å². The van der Waals surface area contributed by atoms with Gasteiger partial charge in [-0.1, -0.05) is 45.0 Å². The van der Waals surface area contributed by atoms with E-state index in [1.54, 1.807) is 30.3 Å². The van der Waals surface area contributed by atoms with Crippen molar-refractivity contribution >= 4 is 11.8 Å². The number of rotatable bonds is 7. The Morgan fingerprint density at radius 3 is 2.47 bits per heavy atom. The molecule has 0 aromatic heterocycles. The number of hydrogen-bond donors (Lipinski definition) is 1. The second kappa shape index (κ2) is 9.28. The van der Waals surface area contributed by atoms with Gasteiger partial charge in [0.1, 0.15) is 6.61 Å². The van der Waals surface area contributed by atoms with Gasteiger partial charge < -0.3 is 15.0 Å². The van der Waals surface area contributed by atoms with E-state index < -0.39 is 5.82 Å². The van der Waals surface area contributed by atoms with Gasteiger partial charge in [0.15, 0.2) is 11.6 Å². The Labute approximate surface area is 177 Å². The molecule has 3 rings (SSSR count). The fourth-order valence-corrected chi connectivity index (χ4v) is 3.34. The van der Waals surface area contributed by atoms with Crippen LogP contribution in [0, 0.1) is 11.2 Å². The Kier molecular flexibility index (Phi) is 6.75. The van der Waals surface area contributed by atoms with Gasteiger partial charge in [-0.15, -0.1) is 0 Å². The van der Waals surface area contributed by atoms with Crippen molar-refractivity contribution in [3.63, 3.8) is 0 Å². The first kappa shape index (κ1) is 21.8. The predicted octanol–water partition coefficient (Wildman–Crippen LogP) is 4.17. The number of benzene rings is 2. The molecule has 1 aliphatic rings. The van der Waals surface area contributed by atoms with E-state index in [1.807, 2.05) is 37.8 Å². The third-order valence-corrected chi connectivity index (χ3v) is 5.35. The number of carbonyl (C=O) groups excluding carboxylic acids is 2. The lowest BCUT2D eigenvalue weighted by Crippen LogP contribution is -2.47. The molecule has 1 N–H and O–H groups in total. The normalized spacial score (nSPS) is 15.2. The highest BCUT2D eigenvalue weighted by Gasteiger charge is 2.28. The summed E-state index contributed by atoms with van der Waals surface area (Å²) in [6, 6.07) is 13.2. The molecule has 1 heterocycles. The molecule has 6 heteroatoms. The lowest BCUT2D eigenvalue weighted by atomic mass is 9.87. The second-order valence-corrected chi connectivity index (χ2v) is 8.75. The number of nitrogens with one attached hydrogen (secondary N) is 1. The third kappa shape index (κ3) is 5.59. The van der Waals surface area contributed by atoms with E-state index in [1.165, 1.54) is 6.07 Å². The molecule has 0 bridgehead atoms. The van der Waals surface area contributed by atoms with Crippen molar-refractivity contribution in [1.82, 2.24) is 10.2 Å². The lowest BCUT2D eigenvalue weighted by molar-refractivity contribution is -0.128. The van der Waals surface area contributed by atoms with E-state index in [2.05, 4.69) is 5.32 Å². The Morgan fingerprint density at radius 1 is 1.17 bits per heavy atom. The molecule has 30 heavy (non-hydrogen) atoms. The van der Waals surface area contributed by atoms with E-state index >= 15 is 0 Å². The Morgan fingerprint density at radius 2 is 1.87 bits per heavy atom. The number of para-hydroxylation sites is 1. The maximum absolute atomic E-state index is 13.8. The van der Waals surface area contributed by atoms with Crippen molar-refractivity contribution < 1.29 is 18.7 Å². The highest BCUT2D eigenvalue weighted by Crippen LogP contribution is 2.23. The number of carbonyl (C=O) groups is 2. The van der Waals surface area contributed by atoms with Gasteiger partial charge in [0, 0.05) is 25.1 Å². The summed E-state index contributed by atoms with van der Waals surface area (Å²) in [5, 5.41) is 3.01. The summed E-state index contributed by atoms with van der Waals surface area (Å²) < 4.78 is 19.5. The molecular formula is C24H29FN2O3. The van der Waals surface area contributed by atoms with Crippen LogP contribution in [0.25, 0.3) is 0 Å². The van der Waals surface area contributed by atoms with Gasteiger partial charge in [-0.05, 0) is 41.7 Å². The van der Waals surface area contributed by atoms with Crippen molar-refractivity contribution in [2.45, 2.75) is 46.2 Å². The topological polar surface area (TPSA) is 58.6 Å². The van der Waals surface area contributed by atoms with E-state index in [0.717, 1.165) is 18.5 Å². The highest BCUT2D eigenvalue weighted by molar-refractivity contribution is 5.94. The largest absolute Gasteiger partial charge is 0.488 e. The maximum atomic E-state index is 13.8. The fraction of sp³-hybridized carbons (Fsp3) is 0.417. The first-order valence-electron chi connectivity index (χ1n) is 10.3. The monoisotopic (exact) mass is 412 g/mol. The third-order valence-electron chi connectivity index (χ3n) is 5.35. The number of nitrogens with zero attached hydrogens (tertiary/aromatic N) is 1. The molecule has 0 aliphatic carbocycles. The minimum absolute atomic E-state index is 0.158. The molecule has 5 nitrogen and oxygen atoms in total. The quantitative estimate of drug-likeness (QED) is 0.743. The van der Waals surface area contributed by atoms with Crippen LogP contribution in [-0.2, 0) is 11.3 Å². The highest BCUT2D eigenvalue weighted by atomic mass is 19.1. The second-order valence-electron chi connectivity index (χ2n) is 8.75. The summed E-state index contributed by atoms with van der Waals surface area (Å²) >= 11 is 0. The van der Waals surface area contributed by atoms with Gasteiger partial charge in [-0.2, -0.15) is 0 Å². The van der Waals surface area contributed by atoms with Crippen LogP contribution < -0.4 is 10.1 Å². The minimum atomic E-state index is -0.427. The molecule has 2 amide bonds. The number of ether oxygens (including phenoxy) is 1. The van der Waals surface area contributed by atoms with Crippen LogP contribution in [-0.4, -0.2) is 35.9 Å². The molecule has 1 aliphatic heterocycles. The molecule has 1 saturated heterocycles. The van der Waals surface area contributed by atoms with Crippen LogP contribution in [0.15, 0.2) is 48.5 Å². The van der Waals surface area contributed by atoms with Gasteiger partial charge in [-0.25, -0.2) is 4.39 Å². The van der Waals surface area contributed by atoms with Crippen LogP contribution in [0.4, 0.5) is 4.39 Å². The van der Waals surface area contributed by atoms with Gasteiger partial charge in [0.2, 0.25) is 5.91 Å². The lowest BCUT2D eigenvalue weighted by Gasteiger charge is -2.31. The summed E-state index contributed by atoms with van der Waals surface area (Å²) in [7, 11) is 0. The molecule has 0 saturated carbocycles. The molecule has 2 aromatic rings. The number of amides is 2. The summed E-state index contributed by atoms with van der Waals surface area (Å²) in [4.78, 5) is 26.4. The maximum Gasteiger partial charge on any atom is 0.251 e. The molecule has 1 fully saturated rings. The van der Waals surface area contributed by atoms with Crippen molar-refractivity contribution in [2.24, 2.45) is 5.41 Å². The van der Waals surface area contributed by atoms with E-state index in [4.69, 9.17) is 4.74 Å². The van der Waals surface area contributed by atoms with Gasteiger partial charge in [0.25, 0.3) is 5.91 Å². The van der Waals surface area contributed by atoms with E-state index in [-0.39, 0.29) is 35.6 Å². The molecule has 0 radical (unpaired) electrons. The van der Waals surface area contributed by atoms with Crippen molar-refractivity contribution in [1.29, 1.82) is 0 Å². The summed E-state index contributed by atoms with van der Waals surface area (Å²) in [5.74, 6) is -0.291. The molecule has 1 unspecified atom stereocenters. The van der Waals surface area contributed by atoms with Crippen LogP contribution in [0.2, 0.25) is 0 Å². The molecule has 0 spiro atoms. The van der Waals surface area contributed by atoms with Gasteiger partial charge in [-0.3, -0.25) is 9.59 Å². The zero-order valence-corrected chi connectivity index (χ0v) is 17.8. The smallest absolute Gasteiger partial charge is 0.251 e. The van der Waals surface area contributed by atoms with Crippen molar-refractivity contribution in [3.8, 4) is 5.75 Å². The first-order chi connectivity index (χ1) is 14.2. The average Bonchev–Trinajstić information content (AvgIpc) is 3.10. The molecule has 160 valence electrons. The van der Waals surface area contributed by atoms with Crippen molar-refractivity contribution in [3.05, 3.63) is 65.5 Å². The SMILES string of the molecule is CC(C)(C)C(COc1ccccc1F)NC(=O)c1ccc(CN2CCCC2=O)cc1. The summed E-state index contributed by atoms with van der Waals surface area (Å²) in [6.07, 6.45) is 1.52. The predicted molar refractivity (Wildman–Crippen MR) is 114 cm³/mol. The molecule has 1 atom stereocenters. The summed E-state index contributed by atoms with van der Waals surface area (Å²) in [6.45, 7) is 7.51. The number of likely N-dealkylation sites (tertiary alicyclic amines) is 1. The molecule has 2 aromatic carbocycles. The Bertz CT molecular complexity index is 890. The average molecular weight is 413 g/mol.